The number of hydrogen-bond donors (Lipinski definition) is 0. The molecule has 1 aromatic carbocycles. The topological polar surface area (TPSA) is 82.9 Å². The Bertz CT molecular complexity index is 909. The van der Waals surface area contributed by atoms with Crippen LogP contribution in [0.1, 0.15) is 19.4 Å². The number of aromatic nitrogens is 2. The smallest absolute Gasteiger partial charge is 0.294 e. The highest BCUT2D eigenvalue weighted by Crippen LogP contribution is 2.31. The number of hydrogen-bond acceptors (Lipinski definition) is 6. The van der Waals surface area contributed by atoms with Crippen molar-refractivity contribution in [2.24, 2.45) is 0 Å². The molecule has 1 atom stereocenters. The third-order valence-electron chi connectivity index (χ3n) is 4.54. The van der Waals surface area contributed by atoms with Crippen LogP contribution in [0.5, 0.6) is 17.2 Å². The lowest BCUT2D eigenvalue weighted by molar-refractivity contribution is -0.125. The van der Waals surface area contributed by atoms with Gasteiger partial charge in [-0.25, -0.2) is 4.68 Å². The summed E-state index contributed by atoms with van der Waals surface area (Å²) in [4.78, 5) is 26.9. The van der Waals surface area contributed by atoms with Crippen LogP contribution in [0, 0.1) is 0 Å². The van der Waals surface area contributed by atoms with Gasteiger partial charge in [0, 0.05) is 13.1 Å². The Balaban J connectivity index is 1.91. The molecule has 1 aliphatic rings. The van der Waals surface area contributed by atoms with Gasteiger partial charge in [-0.2, -0.15) is 5.10 Å². The fraction of sp³-hybridized carbons (Fsp3) is 0.421. The van der Waals surface area contributed by atoms with Crippen LogP contribution in [0.15, 0.2) is 29.2 Å². The van der Waals surface area contributed by atoms with Gasteiger partial charge in [0.2, 0.25) is 0 Å². The Kier molecular flexibility index (Phi) is 5.34. The van der Waals surface area contributed by atoms with Gasteiger partial charge in [-0.05, 0) is 38.0 Å². The quantitative estimate of drug-likeness (QED) is 0.766. The summed E-state index contributed by atoms with van der Waals surface area (Å²) in [5.74, 6) is 1.35. The molecular weight excluding hydrogens is 350 g/mol. The van der Waals surface area contributed by atoms with Crippen LogP contribution in [-0.2, 0) is 17.8 Å². The van der Waals surface area contributed by atoms with Crippen LogP contribution in [0.25, 0.3) is 0 Å². The molecule has 3 rings (SSSR count). The summed E-state index contributed by atoms with van der Waals surface area (Å²) in [6, 6.07) is 5.60. The largest absolute Gasteiger partial charge is 0.493 e. The van der Waals surface area contributed by atoms with Gasteiger partial charge in [0.1, 0.15) is 0 Å². The molecule has 1 aliphatic heterocycles. The second-order valence-electron chi connectivity index (χ2n) is 6.17. The van der Waals surface area contributed by atoms with Crippen LogP contribution in [-0.4, -0.2) is 42.6 Å². The molecular formula is C19H23N3O5. The number of nitrogens with zero attached hydrogens (tertiary/aromatic N) is 3. The van der Waals surface area contributed by atoms with Gasteiger partial charge in [0.15, 0.2) is 29.0 Å². The average molecular weight is 373 g/mol. The van der Waals surface area contributed by atoms with Crippen molar-refractivity contribution in [3.8, 4) is 17.2 Å². The Morgan fingerprint density at radius 2 is 1.93 bits per heavy atom. The maximum absolute atomic E-state index is 12.7. The molecule has 0 fully saturated rings. The second-order valence-corrected chi connectivity index (χ2v) is 6.17. The minimum atomic E-state index is -0.665. The van der Waals surface area contributed by atoms with Crippen molar-refractivity contribution in [1.29, 1.82) is 0 Å². The summed E-state index contributed by atoms with van der Waals surface area (Å²) in [6.07, 6.45) is 1.38. The summed E-state index contributed by atoms with van der Waals surface area (Å²) >= 11 is 0. The fourth-order valence-corrected chi connectivity index (χ4v) is 3.09. The van der Waals surface area contributed by atoms with E-state index in [1.807, 2.05) is 25.1 Å². The van der Waals surface area contributed by atoms with Gasteiger partial charge in [-0.15, -0.1) is 0 Å². The molecule has 0 bridgehead atoms. The lowest BCUT2D eigenvalue weighted by Gasteiger charge is -2.32. The molecule has 1 amide bonds. The minimum Gasteiger partial charge on any atom is -0.493 e. The lowest BCUT2D eigenvalue weighted by Crippen LogP contribution is -2.48. The molecule has 144 valence electrons. The van der Waals surface area contributed by atoms with E-state index in [0.29, 0.717) is 36.8 Å². The molecule has 0 aliphatic carbocycles. The Morgan fingerprint density at radius 1 is 1.19 bits per heavy atom. The summed E-state index contributed by atoms with van der Waals surface area (Å²) in [5.41, 5.74) is 0.879. The maximum atomic E-state index is 12.7. The molecule has 8 heteroatoms. The van der Waals surface area contributed by atoms with Gasteiger partial charge in [0.25, 0.3) is 11.5 Å². The number of fused-ring (bicyclic) bond motifs is 1. The van der Waals surface area contributed by atoms with Crippen molar-refractivity contribution in [2.45, 2.75) is 32.9 Å². The Hall–Kier alpha value is -3.03. The van der Waals surface area contributed by atoms with E-state index in [1.54, 1.807) is 21.1 Å². The summed E-state index contributed by atoms with van der Waals surface area (Å²) < 4.78 is 17.5. The van der Waals surface area contributed by atoms with Gasteiger partial charge in [-0.3, -0.25) is 9.59 Å². The highest BCUT2D eigenvalue weighted by molar-refractivity contribution is 5.99. The average Bonchev–Trinajstić information content (AvgIpc) is 2.68. The molecule has 1 aromatic heterocycles. The third-order valence-corrected chi connectivity index (χ3v) is 4.54. The van der Waals surface area contributed by atoms with Crippen molar-refractivity contribution in [1.82, 2.24) is 9.78 Å². The number of benzene rings is 1. The van der Waals surface area contributed by atoms with E-state index in [4.69, 9.17) is 14.2 Å². The van der Waals surface area contributed by atoms with Crippen LogP contribution in [0.3, 0.4) is 0 Å². The van der Waals surface area contributed by atoms with Crippen LogP contribution in [0.4, 0.5) is 5.69 Å². The van der Waals surface area contributed by atoms with E-state index in [9.17, 15) is 9.59 Å². The van der Waals surface area contributed by atoms with Gasteiger partial charge >= 0.3 is 0 Å². The highest BCUT2D eigenvalue weighted by atomic mass is 16.5. The minimum absolute atomic E-state index is 0.242. The van der Waals surface area contributed by atoms with E-state index < -0.39 is 6.10 Å². The van der Waals surface area contributed by atoms with Gasteiger partial charge in [-0.1, -0.05) is 6.07 Å². The fourth-order valence-electron chi connectivity index (χ4n) is 3.09. The number of rotatable bonds is 6. The maximum Gasteiger partial charge on any atom is 0.294 e. The molecule has 0 saturated carbocycles. The van der Waals surface area contributed by atoms with Crippen molar-refractivity contribution >= 4 is 11.6 Å². The second kappa shape index (κ2) is 7.69. The molecule has 0 N–H and O–H groups in total. The molecule has 0 radical (unpaired) electrons. The number of anilines is 1. The summed E-state index contributed by atoms with van der Waals surface area (Å²) in [5, 5.41) is 4.07. The van der Waals surface area contributed by atoms with Crippen LogP contribution in [0.2, 0.25) is 0 Å². The molecule has 2 aromatic rings. The normalized spacial score (nSPS) is 15.9. The Labute approximate surface area is 157 Å². The van der Waals surface area contributed by atoms with Crippen molar-refractivity contribution < 1.29 is 19.0 Å². The number of carbonyl (C=O) groups excluding carboxylic acids is 1. The van der Waals surface area contributed by atoms with E-state index in [0.717, 1.165) is 5.56 Å². The lowest BCUT2D eigenvalue weighted by atomic mass is 10.1. The summed E-state index contributed by atoms with van der Waals surface area (Å²) in [6.45, 7) is 4.25. The first kappa shape index (κ1) is 18.8. The third kappa shape index (κ3) is 3.47. The number of aryl methyl sites for hydroxylation is 1. The van der Waals surface area contributed by atoms with Crippen LogP contribution >= 0.6 is 0 Å². The zero-order valence-electron chi connectivity index (χ0n) is 15.9. The van der Waals surface area contributed by atoms with Crippen molar-refractivity contribution in [3.05, 3.63) is 40.3 Å². The zero-order chi connectivity index (χ0) is 19.6. The number of amides is 1. The van der Waals surface area contributed by atoms with Gasteiger partial charge < -0.3 is 19.1 Å². The molecule has 1 unspecified atom stereocenters. The van der Waals surface area contributed by atoms with E-state index in [-0.39, 0.29) is 17.2 Å². The number of carbonyl (C=O) groups is 1. The van der Waals surface area contributed by atoms with Crippen molar-refractivity contribution in [3.63, 3.8) is 0 Å². The monoisotopic (exact) mass is 373 g/mol. The Morgan fingerprint density at radius 3 is 2.59 bits per heavy atom. The molecule has 0 spiro atoms. The predicted molar refractivity (Wildman–Crippen MR) is 99.9 cm³/mol. The number of ether oxygens (including phenoxy) is 3. The SMILES string of the molecule is CCn1ncc2c(c1=O)N(CCc1ccc(OC)c(OC)c1)C(=O)C(C)O2. The van der Waals surface area contributed by atoms with E-state index in [1.165, 1.54) is 15.8 Å². The van der Waals surface area contributed by atoms with E-state index in [2.05, 4.69) is 5.10 Å². The standard InChI is InChI=1S/C19H23N3O5/c1-5-22-19(24)17-16(11-20-22)27-12(2)18(23)21(17)9-8-13-6-7-14(25-3)15(10-13)26-4/h6-7,10-12H,5,8-9H2,1-4H3. The first-order chi connectivity index (χ1) is 13.0. The first-order valence-corrected chi connectivity index (χ1v) is 8.79. The van der Waals surface area contributed by atoms with Gasteiger partial charge in [0.05, 0.1) is 20.4 Å². The molecule has 0 saturated heterocycles. The zero-order valence-corrected chi connectivity index (χ0v) is 15.9. The van der Waals surface area contributed by atoms with Crippen molar-refractivity contribution in [2.75, 3.05) is 25.7 Å². The first-order valence-electron chi connectivity index (χ1n) is 8.79. The number of methoxy groups -OCH3 is 2. The molecule has 27 heavy (non-hydrogen) atoms. The molecule has 2 heterocycles. The van der Waals surface area contributed by atoms with Crippen LogP contribution < -0.4 is 24.7 Å². The molecule has 8 nitrogen and oxygen atoms in total. The predicted octanol–water partition coefficient (Wildman–Crippen LogP) is 1.64. The van der Waals surface area contributed by atoms with E-state index >= 15 is 0 Å². The highest BCUT2D eigenvalue weighted by Gasteiger charge is 2.34. The summed E-state index contributed by atoms with van der Waals surface area (Å²) in [7, 11) is 3.15.